The van der Waals surface area contributed by atoms with Crippen LogP contribution in [0.5, 0.6) is 0 Å². The molecule has 1 unspecified atom stereocenters. The summed E-state index contributed by atoms with van der Waals surface area (Å²) >= 11 is 2.05. The van der Waals surface area contributed by atoms with E-state index in [9.17, 15) is 0 Å². The van der Waals surface area contributed by atoms with Crippen LogP contribution in [0.15, 0.2) is 18.3 Å². The van der Waals surface area contributed by atoms with E-state index in [2.05, 4.69) is 51.4 Å². The SMILES string of the molecule is CC1(CN2CCCCC2)NCc2c(sc3c2CCCC3)-n2cccc21. The van der Waals surface area contributed by atoms with Crippen LogP contribution >= 0.6 is 11.3 Å². The molecule has 2 aromatic rings. The van der Waals surface area contributed by atoms with Crippen LogP contribution in [0.25, 0.3) is 5.00 Å². The Kier molecular flexibility index (Phi) is 4.03. The summed E-state index contributed by atoms with van der Waals surface area (Å²) in [5.41, 5.74) is 4.72. The molecule has 1 N–H and O–H groups in total. The van der Waals surface area contributed by atoms with Crippen molar-refractivity contribution in [2.24, 2.45) is 0 Å². The minimum Gasteiger partial charge on any atom is -0.310 e. The first-order valence-electron chi connectivity index (χ1n) is 10.0. The summed E-state index contributed by atoms with van der Waals surface area (Å²) in [5.74, 6) is 0. The molecule has 0 saturated carbocycles. The minimum atomic E-state index is 0.0289. The van der Waals surface area contributed by atoms with E-state index in [1.165, 1.54) is 68.7 Å². The second kappa shape index (κ2) is 6.26. The van der Waals surface area contributed by atoms with Crippen molar-refractivity contribution in [2.75, 3.05) is 19.6 Å². The normalized spacial score (nSPS) is 26.6. The number of fused-ring (bicyclic) bond motifs is 5. The second-order valence-electron chi connectivity index (χ2n) is 8.28. The number of rotatable bonds is 2. The molecular weight excluding hydrogens is 326 g/mol. The minimum absolute atomic E-state index is 0.0289. The van der Waals surface area contributed by atoms with Gasteiger partial charge in [-0.2, -0.15) is 0 Å². The third kappa shape index (κ3) is 2.70. The van der Waals surface area contributed by atoms with E-state index in [-0.39, 0.29) is 5.54 Å². The average molecular weight is 356 g/mol. The van der Waals surface area contributed by atoms with Crippen LogP contribution in [-0.4, -0.2) is 29.1 Å². The Balaban J connectivity index is 1.53. The van der Waals surface area contributed by atoms with Gasteiger partial charge in [0.25, 0.3) is 0 Å². The van der Waals surface area contributed by atoms with E-state index in [0.29, 0.717) is 0 Å². The number of likely N-dealkylation sites (tertiary alicyclic amines) is 1. The maximum Gasteiger partial charge on any atom is 0.104 e. The maximum atomic E-state index is 3.98. The summed E-state index contributed by atoms with van der Waals surface area (Å²) in [7, 11) is 0. The van der Waals surface area contributed by atoms with E-state index in [1.54, 1.807) is 16.0 Å². The molecule has 2 aliphatic heterocycles. The summed E-state index contributed by atoms with van der Waals surface area (Å²) in [6.45, 7) is 7.07. The highest BCUT2D eigenvalue weighted by Gasteiger charge is 2.36. The third-order valence-corrected chi connectivity index (χ3v) is 7.77. The molecule has 0 aromatic carbocycles. The Hall–Kier alpha value is -1.10. The Morgan fingerprint density at radius 2 is 1.92 bits per heavy atom. The molecule has 0 radical (unpaired) electrons. The van der Waals surface area contributed by atoms with E-state index >= 15 is 0 Å². The molecule has 3 aliphatic rings. The number of thiophene rings is 1. The molecule has 4 heteroatoms. The fourth-order valence-electron chi connectivity index (χ4n) is 5.08. The standard InChI is InChI=1S/C21H29N3S/c1-21(15-23-11-5-2-6-12-23)19-10-7-13-24(19)20-17(14-22-21)16-8-3-4-9-18(16)25-20/h7,10,13,22H,2-6,8-9,11-12,14-15H2,1H3. The van der Waals surface area contributed by atoms with Crippen LogP contribution in [0.4, 0.5) is 0 Å². The van der Waals surface area contributed by atoms with Crippen molar-refractivity contribution in [1.82, 2.24) is 14.8 Å². The van der Waals surface area contributed by atoms with Gasteiger partial charge in [-0.1, -0.05) is 6.42 Å². The van der Waals surface area contributed by atoms with E-state index in [0.717, 1.165) is 13.1 Å². The monoisotopic (exact) mass is 355 g/mol. The molecule has 1 aliphatic carbocycles. The lowest BCUT2D eigenvalue weighted by molar-refractivity contribution is 0.160. The van der Waals surface area contributed by atoms with Crippen molar-refractivity contribution in [3.8, 4) is 5.00 Å². The van der Waals surface area contributed by atoms with Gasteiger partial charge in [-0.05, 0) is 76.2 Å². The lowest BCUT2D eigenvalue weighted by Crippen LogP contribution is -2.50. The van der Waals surface area contributed by atoms with Gasteiger partial charge in [-0.25, -0.2) is 0 Å². The predicted molar refractivity (Wildman–Crippen MR) is 105 cm³/mol. The van der Waals surface area contributed by atoms with Gasteiger partial charge in [0.05, 0.1) is 5.54 Å². The predicted octanol–water partition coefficient (Wildman–Crippen LogP) is 4.22. The molecule has 4 heterocycles. The van der Waals surface area contributed by atoms with Crippen molar-refractivity contribution in [3.05, 3.63) is 40.0 Å². The molecule has 1 atom stereocenters. The average Bonchev–Trinajstić information content (AvgIpc) is 3.23. The molecule has 3 nitrogen and oxygen atoms in total. The van der Waals surface area contributed by atoms with Gasteiger partial charge in [-0.3, -0.25) is 0 Å². The second-order valence-corrected chi connectivity index (χ2v) is 9.36. The van der Waals surface area contributed by atoms with Crippen molar-refractivity contribution in [3.63, 3.8) is 0 Å². The summed E-state index contributed by atoms with van der Waals surface area (Å²) in [6, 6.07) is 4.57. The largest absolute Gasteiger partial charge is 0.310 e. The topological polar surface area (TPSA) is 20.2 Å². The Morgan fingerprint density at radius 1 is 1.08 bits per heavy atom. The highest BCUT2D eigenvalue weighted by molar-refractivity contribution is 7.15. The molecule has 1 fully saturated rings. The first-order valence-corrected chi connectivity index (χ1v) is 10.9. The lowest BCUT2D eigenvalue weighted by Gasteiger charge is -2.37. The highest BCUT2D eigenvalue weighted by atomic mass is 32.1. The summed E-state index contributed by atoms with van der Waals surface area (Å²) in [6.07, 6.45) is 11.7. The van der Waals surface area contributed by atoms with E-state index in [4.69, 9.17) is 0 Å². The van der Waals surface area contributed by atoms with Crippen LogP contribution in [0.1, 0.15) is 60.7 Å². The van der Waals surface area contributed by atoms with Gasteiger partial charge in [0.15, 0.2) is 0 Å². The molecule has 2 aromatic heterocycles. The summed E-state index contributed by atoms with van der Waals surface area (Å²) < 4.78 is 2.50. The number of nitrogens with one attached hydrogen (secondary N) is 1. The number of aryl methyl sites for hydroxylation is 1. The van der Waals surface area contributed by atoms with E-state index in [1.807, 2.05) is 0 Å². The molecule has 25 heavy (non-hydrogen) atoms. The fourth-order valence-corrected chi connectivity index (χ4v) is 6.48. The van der Waals surface area contributed by atoms with E-state index < -0.39 is 0 Å². The van der Waals surface area contributed by atoms with Crippen molar-refractivity contribution in [1.29, 1.82) is 0 Å². The van der Waals surface area contributed by atoms with Gasteiger partial charge >= 0.3 is 0 Å². The number of hydrogen-bond donors (Lipinski definition) is 1. The first kappa shape index (κ1) is 16.1. The smallest absolute Gasteiger partial charge is 0.104 e. The number of hydrogen-bond acceptors (Lipinski definition) is 3. The van der Waals surface area contributed by atoms with Crippen molar-refractivity contribution < 1.29 is 0 Å². The molecular formula is C21H29N3S. The molecule has 0 bridgehead atoms. The van der Waals surface area contributed by atoms with Crippen LogP contribution < -0.4 is 5.32 Å². The maximum absolute atomic E-state index is 3.98. The van der Waals surface area contributed by atoms with Crippen molar-refractivity contribution in [2.45, 2.75) is 64.0 Å². The van der Waals surface area contributed by atoms with Crippen molar-refractivity contribution >= 4 is 11.3 Å². The quantitative estimate of drug-likeness (QED) is 0.870. The van der Waals surface area contributed by atoms with Crippen LogP contribution in [0, 0.1) is 0 Å². The Bertz CT molecular complexity index is 768. The van der Waals surface area contributed by atoms with Gasteiger partial charge < -0.3 is 14.8 Å². The summed E-state index contributed by atoms with van der Waals surface area (Å²) in [5, 5.41) is 5.47. The molecule has 5 rings (SSSR count). The van der Waals surface area contributed by atoms with Crippen LogP contribution in [0.3, 0.4) is 0 Å². The van der Waals surface area contributed by atoms with Gasteiger partial charge in [0, 0.05) is 35.4 Å². The molecule has 1 saturated heterocycles. The third-order valence-electron chi connectivity index (χ3n) is 6.44. The first-order chi connectivity index (χ1) is 12.2. The highest BCUT2D eigenvalue weighted by Crippen LogP contribution is 2.41. The Morgan fingerprint density at radius 3 is 2.80 bits per heavy atom. The number of piperidine rings is 1. The zero-order valence-corrected chi connectivity index (χ0v) is 16.1. The molecule has 134 valence electrons. The van der Waals surface area contributed by atoms with Gasteiger partial charge in [0.2, 0.25) is 0 Å². The van der Waals surface area contributed by atoms with Gasteiger partial charge in [-0.15, -0.1) is 11.3 Å². The van der Waals surface area contributed by atoms with Gasteiger partial charge in [0.1, 0.15) is 5.00 Å². The van der Waals surface area contributed by atoms with Crippen LogP contribution in [-0.2, 0) is 24.9 Å². The lowest BCUT2D eigenvalue weighted by atomic mass is 9.94. The number of nitrogens with zero attached hydrogens (tertiary/aromatic N) is 2. The zero-order chi connectivity index (χ0) is 16.9. The number of aromatic nitrogens is 1. The Labute approximate surface area is 155 Å². The molecule has 0 amide bonds. The molecule has 0 spiro atoms. The van der Waals surface area contributed by atoms with Crippen LogP contribution in [0.2, 0.25) is 0 Å². The fraction of sp³-hybridized carbons (Fsp3) is 0.619. The zero-order valence-electron chi connectivity index (χ0n) is 15.3. The summed E-state index contributed by atoms with van der Waals surface area (Å²) in [4.78, 5) is 4.32.